The Morgan fingerprint density at radius 3 is 2.67 bits per heavy atom. The highest BCUT2D eigenvalue weighted by atomic mass is 19.1. The normalized spacial score (nSPS) is 10.4. The van der Waals surface area contributed by atoms with Crippen molar-refractivity contribution in [2.75, 3.05) is 5.32 Å². The van der Waals surface area contributed by atoms with Gasteiger partial charge < -0.3 is 9.84 Å². The van der Waals surface area contributed by atoms with Gasteiger partial charge in [0.25, 0.3) is 5.91 Å². The number of aryl methyl sites for hydroxylation is 2. The number of carbonyl (C=O) groups excluding carboxylic acids is 1. The van der Waals surface area contributed by atoms with Crippen LogP contribution in [0.3, 0.4) is 0 Å². The molecule has 0 spiro atoms. The summed E-state index contributed by atoms with van der Waals surface area (Å²) in [5.41, 5.74) is 1.60. The van der Waals surface area contributed by atoms with Gasteiger partial charge in [-0.3, -0.25) is 4.79 Å². The average molecular weight is 248 g/mol. The maximum Gasteiger partial charge on any atom is 0.261 e. The number of hydrogen-bond acceptors (Lipinski definition) is 3. The lowest BCUT2D eigenvalue weighted by Gasteiger charge is -2.04. The van der Waals surface area contributed by atoms with E-state index in [1.165, 1.54) is 24.3 Å². The van der Waals surface area contributed by atoms with E-state index in [-0.39, 0.29) is 11.7 Å². The molecule has 0 bridgehead atoms. The van der Waals surface area contributed by atoms with E-state index in [2.05, 4.69) is 10.5 Å². The van der Waals surface area contributed by atoms with Crippen LogP contribution < -0.4 is 5.32 Å². The lowest BCUT2D eigenvalue weighted by atomic mass is 10.1. The molecule has 2 aromatic rings. The first kappa shape index (κ1) is 12.3. The quantitative estimate of drug-likeness (QED) is 0.908. The molecule has 1 amide bonds. The zero-order chi connectivity index (χ0) is 13.1. The van der Waals surface area contributed by atoms with E-state index in [4.69, 9.17) is 4.52 Å². The predicted molar refractivity (Wildman–Crippen MR) is 65.0 cm³/mol. The number of anilines is 1. The van der Waals surface area contributed by atoms with Gasteiger partial charge in [0.2, 0.25) is 0 Å². The molecule has 0 aliphatic carbocycles. The van der Waals surface area contributed by atoms with Gasteiger partial charge in [0.05, 0.1) is 5.69 Å². The summed E-state index contributed by atoms with van der Waals surface area (Å²) < 4.78 is 17.7. The van der Waals surface area contributed by atoms with Gasteiger partial charge in [-0.2, -0.15) is 0 Å². The predicted octanol–water partition coefficient (Wildman–Crippen LogP) is 2.94. The van der Waals surface area contributed by atoms with Gasteiger partial charge >= 0.3 is 0 Å². The topological polar surface area (TPSA) is 55.1 Å². The molecular weight excluding hydrogens is 235 g/mol. The molecule has 0 fully saturated rings. The van der Waals surface area contributed by atoms with Crippen LogP contribution in [-0.4, -0.2) is 11.1 Å². The fourth-order valence-corrected chi connectivity index (χ4v) is 1.68. The number of hydrogen-bond donors (Lipinski definition) is 1. The number of halogens is 1. The van der Waals surface area contributed by atoms with Gasteiger partial charge in [-0.05, 0) is 37.6 Å². The summed E-state index contributed by atoms with van der Waals surface area (Å²) in [4.78, 5) is 12.1. The number of nitrogens with zero attached hydrogens (tertiary/aromatic N) is 1. The van der Waals surface area contributed by atoms with E-state index in [1.54, 1.807) is 6.92 Å². The SMILES string of the molecule is CCc1noc(C)c1C(=O)Nc1ccc(F)cc1. The summed E-state index contributed by atoms with van der Waals surface area (Å²) in [6.07, 6.45) is 0.615. The molecule has 2 rings (SSSR count). The zero-order valence-corrected chi connectivity index (χ0v) is 10.2. The number of benzene rings is 1. The summed E-state index contributed by atoms with van der Waals surface area (Å²) in [6.45, 7) is 3.58. The number of rotatable bonds is 3. The van der Waals surface area contributed by atoms with Crippen molar-refractivity contribution in [3.05, 3.63) is 47.1 Å². The molecule has 1 aromatic carbocycles. The van der Waals surface area contributed by atoms with Gasteiger partial charge in [0.1, 0.15) is 17.1 Å². The molecule has 0 aliphatic heterocycles. The van der Waals surface area contributed by atoms with Crippen molar-refractivity contribution >= 4 is 11.6 Å². The first-order valence-corrected chi connectivity index (χ1v) is 5.64. The molecule has 0 radical (unpaired) electrons. The van der Waals surface area contributed by atoms with E-state index in [9.17, 15) is 9.18 Å². The fourth-order valence-electron chi connectivity index (χ4n) is 1.68. The van der Waals surface area contributed by atoms with Gasteiger partial charge in [0.15, 0.2) is 0 Å². The minimum absolute atomic E-state index is 0.294. The standard InChI is InChI=1S/C13H13FN2O2/c1-3-11-12(8(2)18-16-11)13(17)15-10-6-4-9(14)5-7-10/h4-7H,3H2,1-2H3,(H,15,17). The second-order valence-corrected chi connectivity index (χ2v) is 3.88. The van der Waals surface area contributed by atoms with E-state index in [0.29, 0.717) is 29.1 Å². The molecule has 94 valence electrons. The van der Waals surface area contributed by atoms with Crippen LogP contribution in [0.1, 0.15) is 28.7 Å². The van der Waals surface area contributed by atoms with Crippen LogP contribution in [0, 0.1) is 12.7 Å². The smallest absolute Gasteiger partial charge is 0.261 e. The Morgan fingerprint density at radius 2 is 2.06 bits per heavy atom. The largest absolute Gasteiger partial charge is 0.361 e. The maximum atomic E-state index is 12.7. The molecule has 0 atom stereocenters. The maximum absolute atomic E-state index is 12.7. The Labute approximate surface area is 104 Å². The van der Waals surface area contributed by atoms with Crippen LogP contribution in [0.4, 0.5) is 10.1 Å². The van der Waals surface area contributed by atoms with E-state index in [1.807, 2.05) is 6.92 Å². The highest BCUT2D eigenvalue weighted by Gasteiger charge is 2.19. The minimum atomic E-state index is -0.344. The summed E-state index contributed by atoms with van der Waals surface area (Å²) in [5, 5.41) is 6.50. The van der Waals surface area contributed by atoms with Gasteiger partial charge in [0, 0.05) is 5.69 Å². The molecule has 0 unspecified atom stereocenters. The van der Waals surface area contributed by atoms with Crippen molar-refractivity contribution in [2.24, 2.45) is 0 Å². The highest BCUT2D eigenvalue weighted by molar-refractivity contribution is 6.05. The van der Waals surface area contributed by atoms with Crippen molar-refractivity contribution in [1.29, 1.82) is 0 Å². The third-order valence-corrected chi connectivity index (χ3v) is 2.60. The second kappa shape index (κ2) is 5.00. The van der Waals surface area contributed by atoms with Gasteiger partial charge in [-0.25, -0.2) is 4.39 Å². The van der Waals surface area contributed by atoms with Crippen LogP contribution in [0.15, 0.2) is 28.8 Å². The lowest BCUT2D eigenvalue weighted by molar-refractivity contribution is 0.102. The summed E-state index contributed by atoms with van der Waals surface area (Å²) in [6, 6.07) is 5.58. The van der Waals surface area contributed by atoms with Crippen molar-refractivity contribution in [3.63, 3.8) is 0 Å². The number of aromatic nitrogens is 1. The van der Waals surface area contributed by atoms with Gasteiger partial charge in [-0.1, -0.05) is 12.1 Å². The van der Waals surface area contributed by atoms with Crippen molar-refractivity contribution in [1.82, 2.24) is 5.16 Å². The van der Waals surface area contributed by atoms with E-state index < -0.39 is 0 Å². The number of nitrogens with one attached hydrogen (secondary N) is 1. The molecule has 1 N–H and O–H groups in total. The van der Waals surface area contributed by atoms with Crippen LogP contribution in [-0.2, 0) is 6.42 Å². The molecule has 0 aliphatic rings. The third kappa shape index (κ3) is 2.40. The number of amides is 1. The Bertz CT molecular complexity index is 561. The van der Waals surface area contributed by atoms with Crippen LogP contribution >= 0.6 is 0 Å². The van der Waals surface area contributed by atoms with Crippen molar-refractivity contribution in [3.8, 4) is 0 Å². The molecule has 0 saturated carbocycles. The monoisotopic (exact) mass is 248 g/mol. The first-order chi connectivity index (χ1) is 8.61. The Morgan fingerprint density at radius 1 is 1.39 bits per heavy atom. The third-order valence-electron chi connectivity index (χ3n) is 2.60. The van der Waals surface area contributed by atoms with Crippen molar-refractivity contribution < 1.29 is 13.7 Å². The van der Waals surface area contributed by atoms with Crippen molar-refractivity contribution in [2.45, 2.75) is 20.3 Å². The minimum Gasteiger partial charge on any atom is -0.361 e. The van der Waals surface area contributed by atoms with Crippen LogP contribution in [0.5, 0.6) is 0 Å². The Kier molecular flexibility index (Phi) is 3.41. The van der Waals surface area contributed by atoms with E-state index in [0.717, 1.165) is 0 Å². The molecule has 1 heterocycles. The Balaban J connectivity index is 2.21. The van der Waals surface area contributed by atoms with E-state index >= 15 is 0 Å². The average Bonchev–Trinajstić information content (AvgIpc) is 2.73. The fraction of sp³-hybridized carbons (Fsp3) is 0.231. The summed E-state index contributed by atoms with van der Waals surface area (Å²) >= 11 is 0. The molecule has 5 heteroatoms. The summed E-state index contributed by atoms with van der Waals surface area (Å²) in [7, 11) is 0. The molecule has 0 saturated heterocycles. The second-order valence-electron chi connectivity index (χ2n) is 3.88. The summed E-state index contributed by atoms with van der Waals surface area (Å²) in [5.74, 6) is -0.160. The van der Waals surface area contributed by atoms with Crippen LogP contribution in [0.2, 0.25) is 0 Å². The zero-order valence-electron chi connectivity index (χ0n) is 10.2. The van der Waals surface area contributed by atoms with Crippen LogP contribution in [0.25, 0.3) is 0 Å². The van der Waals surface area contributed by atoms with Gasteiger partial charge in [-0.15, -0.1) is 0 Å². The molecule has 18 heavy (non-hydrogen) atoms. The molecular formula is C13H13FN2O2. The number of carbonyl (C=O) groups is 1. The molecule has 1 aromatic heterocycles. The highest BCUT2D eigenvalue weighted by Crippen LogP contribution is 2.17. The first-order valence-electron chi connectivity index (χ1n) is 5.64. The molecule has 4 nitrogen and oxygen atoms in total. The Hall–Kier alpha value is -2.17. The lowest BCUT2D eigenvalue weighted by Crippen LogP contribution is -2.14.